The number of nitrogens with zero attached hydrogens (tertiary/aromatic N) is 1. The highest BCUT2D eigenvalue weighted by atomic mass is 16.5. The molecule has 0 saturated heterocycles. The van der Waals surface area contributed by atoms with Crippen LogP contribution in [0.15, 0.2) is 52.7 Å². The van der Waals surface area contributed by atoms with E-state index in [0.29, 0.717) is 19.8 Å². The predicted octanol–water partition coefficient (Wildman–Crippen LogP) is 2.70. The first-order valence-corrected chi connectivity index (χ1v) is 8.80. The van der Waals surface area contributed by atoms with Crippen LogP contribution in [0.2, 0.25) is 0 Å². The number of aliphatic imine (C=N–C) groups is 1. The van der Waals surface area contributed by atoms with E-state index in [-0.39, 0.29) is 12.0 Å². The zero-order valence-corrected chi connectivity index (χ0v) is 16.1. The lowest BCUT2D eigenvalue weighted by molar-refractivity contribution is 0.0482. The Bertz CT molecular complexity index is 562. The first kappa shape index (κ1) is 21.5. The Hall–Kier alpha value is -1.53. The molecule has 5 nitrogen and oxygen atoms in total. The highest BCUT2D eigenvalue weighted by Gasteiger charge is 2.15. The summed E-state index contributed by atoms with van der Waals surface area (Å²) in [5.41, 5.74) is 8.04. The van der Waals surface area contributed by atoms with E-state index in [0.717, 1.165) is 17.0 Å². The van der Waals surface area contributed by atoms with E-state index in [1.54, 1.807) is 13.8 Å². The second kappa shape index (κ2) is 10.5. The third-order valence-corrected chi connectivity index (χ3v) is 3.51. The number of hydrogen-bond donors (Lipinski definition) is 3. The molecule has 0 bridgehead atoms. The van der Waals surface area contributed by atoms with Crippen LogP contribution in [0.5, 0.6) is 0 Å². The number of rotatable bonds is 9. The summed E-state index contributed by atoms with van der Waals surface area (Å²) in [6.07, 6.45) is 12.2. The van der Waals surface area contributed by atoms with Crippen LogP contribution < -0.4 is 11.1 Å². The number of nitrogens with one attached hydrogen (secondary N) is 1. The van der Waals surface area contributed by atoms with Crippen molar-refractivity contribution in [2.45, 2.75) is 46.4 Å². The van der Waals surface area contributed by atoms with Crippen LogP contribution in [0.25, 0.3) is 0 Å². The lowest BCUT2D eigenvalue weighted by Crippen LogP contribution is -2.42. The van der Waals surface area contributed by atoms with Crippen LogP contribution in [-0.4, -0.2) is 42.3 Å². The summed E-state index contributed by atoms with van der Waals surface area (Å²) in [7, 11) is 0. The van der Waals surface area contributed by atoms with Gasteiger partial charge in [-0.25, -0.2) is 0 Å². The van der Waals surface area contributed by atoms with Crippen LogP contribution in [0.3, 0.4) is 0 Å². The highest BCUT2D eigenvalue weighted by molar-refractivity contribution is 5.88. The van der Waals surface area contributed by atoms with Crippen molar-refractivity contribution in [2.24, 2.45) is 16.6 Å². The van der Waals surface area contributed by atoms with E-state index in [9.17, 15) is 5.11 Å². The van der Waals surface area contributed by atoms with Gasteiger partial charge in [0.1, 0.15) is 5.72 Å². The number of nitrogens with two attached hydrogens (primary N) is 1. The van der Waals surface area contributed by atoms with Crippen LogP contribution in [0.1, 0.15) is 34.6 Å². The maximum absolute atomic E-state index is 9.90. The standard InChI is InChI=1S/C20H33N3O2/c1-6-25-14-18(13-22-20(4,5)24)23-17(11-15(2)3)12-16-9-7-8-10-19(16)21/h7-12,16,19,22,24H,6,13-14,21H2,1-5H3/b17-12+,23-18?. The Morgan fingerprint density at radius 3 is 2.56 bits per heavy atom. The molecule has 0 radical (unpaired) electrons. The van der Waals surface area contributed by atoms with Gasteiger partial charge in [0, 0.05) is 25.1 Å². The largest absolute Gasteiger partial charge is 0.376 e. The van der Waals surface area contributed by atoms with Gasteiger partial charge >= 0.3 is 0 Å². The van der Waals surface area contributed by atoms with Crippen molar-refractivity contribution >= 4 is 5.71 Å². The molecule has 0 aromatic heterocycles. The van der Waals surface area contributed by atoms with Crippen molar-refractivity contribution in [3.8, 4) is 0 Å². The normalized spacial score (nSPS) is 21.6. The summed E-state index contributed by atoms with van der Waals surface area (Å²) >= 11 is 0. The Labute approximate surface area is 152 Å². The van der Waals surface area contributed by atoms with Crippen LogP contribution in [0.4, 0.5) is 0 Å². The summed E-state index contributed by atoms with van der Waals surface area (Å²) in [5, 5.41) is 12.9. The molecule has 0 aromatic rings. The van der Waals surface area contributed by atoms with E-state index in [2.05, 4.69) is 17.5 Å². The number of ether oxygens (including phenoxy) is 1. The molecule has 25 heavy (non-hydrogen) atoms. The molecule has 0 amide bonds. The minimum absolute atomic E-state index is 0.0504. The average Bonchev–Trinajstić information content (AvgIpc) is 2.50. The molecular formula is C20H33N3O2. The Morgan fingerprint density at radius 2 is 2.00 bits per heavy atom. The fraction of sp³-hybridized carbons (Fsp3) is 0.550. The Balaban J connectivity index is 3.06. The summed E-state index contributed by atoms with van der Waals surface area (Å²) in [4.78, 5) is 4.77. The first-order chi connectivity index (χ1) is 11.7. The molecular weight excluding hydrogens is 314 g/mol. The topological polar surface area (TPSA) is 79.9 Å². The molecule has 2 unspecified atom stereocenters. The number of allylic oxidation sites excluding steroid dienone is 4. The van der Waals surface area contributed by atoms with Crippen molar-refractivity contribution in [1.29, 1.82) is 0 Å². The maximum Gasteiger partial charge on any atom is 0.110 e. The molecule has 0 saturated carbocycles. The molecule has 0 aliphatic heterocycles. The van der Waals surface area contributed by atoms with Gasteiger partial charge < -0.3 is 15.6 Å². The van der Waals surface area contributed by atoms with Crippen molar-refractivity contribution in [3.05, 3.63) is 47.7 Å². The van der Waals surface area contributed by atoms with Crippen molar-refractivity contribution in [1.82, 2.24) is 5.32 Å². The van der Waals surface area contributed by atoms with Gasteiger partial charge in [-0.15, -0.1) is 0 Å². The number of hydrogen-bond acceptors (Lipinski definition) is 5. The Morgan fingerprint density at radius 1 is 1.32 bits per heavy atom. The molecule has 2 atom stereocenters. The van der Waals surface area contributed by atoms with Gasteiger partial charge in [-0.05, 0) is 46.8 Å². The molecule has 1 aliphatic rings. The minimum atomic E-state index is -0.966. The van der Waals surface area contributed by atoms with E-state index < -0.39 is 5.72 Å². The predicted molar refractivity (Wildman–Crippen MR) is 105 cm³/mol. The summed E-state index contributed by atoms with van der Waals surface area (Å²) in [5.74, 6) is 0.106. The quantitative estimate of drug-likeness (QED) is 0.340. The van der Waals surface area contributed by atoms with Gasteiger partial charge in [-0.1, -0.05) is 29.9 Å². The third-order valence-electron chi connectivity index (χ3n) is 3.51. The molecule has 0 fully saturated rings. The summed E-state index contributed by atoms with van der Waals surface area (Å²) < 4.78 is 5.53. The van der Waals surface area contributed by atoms with E-state index in [1.807, 2.05) is 45.1 Å². The van der Waals surface area contributed by atoms with E-state index in [1.165, 1.54) is 0 Å². The van der Waals surface area contributed by atoms with Crippen LogP contribution in [0, 0.1) is 5.92 Å². The van der Waals surface area contributed by atoms with Gasteiger partial charge in [0.05, 0.1) is 18.0 Å². The zero-order chi connectivity index (χ0) is 18.9. The molecule has 1 aliphatic carbocycles. The second-order valence-electron chi connectivity index (χ2n) is 6.97. The smallest absolute Gasteiger partial charge is 0.110 e. The monoisotopic (exact) mass is 347 g/mol. The van der Waals surface area contributed by atoms with Crippen LogP contribution in [-0.2, 0) is 4.74 Å². The van der Waals surface area contributed by atoms with Gasteiger partial charge in [-0.2, -0.15) is 0 Å². The fourth-order valence-electron chi connectivity index (χ4n) is 2.26. The minimum Gasteiger partial charge on any atom is -0.376 e. The number of aliphatic hydroxyl groups is 1. The zero-order valence-electron chi connectivity index (χ0n) is 16.1. The third kappa shape index (κ3) is 9.51. The molecule has 1 rings (SSSR count). The summed E-state index contributed by atoms with van der Waals surface area (Å²) in [6, 6.07) is -0.0504. The van der Waals surface area contributed by atoms with Crippen molar-refractivity contribution in [3.63, 3.8) is 0 Å². The average molecular weight is 348 g/mol. The fourth-order valence-corrected chi connectivity index (χ4v) is 2.26. The summed E-state index contributed by atoms with van der Waals surface area (Å²) in [6.45, 7) is 10.9. The SMILES string of the molecule is CCOCC(CNC(C)(C)O)=N/C(C=C(C)C)=C/C1C=CC=CC1N. The second-order valence-corrected chi connectivity index (χ2v) is 6.97. The van der Waals surface area contributed by atoms with Gasteiger partial charge in [0.2, 0.25) is 0 Å². The molecule has 5 heteroatoms. The molecule has 4 N–H and O–H groups in total. The van der Waals surface area contributed by atoms with Crippen LogP contribution >= 0.6 is 0 Å². The molecule has 140 valence electrons. The van der Waals surface area contributed by atoms with Crippen molar-refractivity contribution < 1.29 is 9.84 Å². The van der Waals surface area contributed by atoms with E-state index >= 15 is 0 Å². The maximum atomic E-state index is 9.90. The highest BCUT2D eigenvalue weighted by Crippen LogP contribution is 2.17. The lowest BCUT2D eigenvalue weighted by Gasteiger charge is -2.20. The van der Waals surface area contributed by atoms with Crippen molar-refractivity contribution in [2.75, 3.05) is 19.8 Å². The molecule has 0 heterocycles. The van der Waals surface area contributed by atoms with Gasteiger partial charge in [-0.3, -0.25) is 10.3 Å². The molecule has 0 spiro atoms. The van der Waals surface area contributed by atoms with Gasteiger partial charge in [0.15, 0.2) is 0 Å². The van der Waals surface area contributed by atoms with Gasteiger partial charge in [0.25, 0.3) is 0 Å². The Kier molecular flexibility index (Phi) is 9.00. The lowest BCUT2D eigenvalue weighted by atomic mass is 9.94. The molecule has 0 aromatic carbocycles. The van der Waals surface area contributed by atoms with E-state index in [4.69, 9.17) is 15.5 Å². The first-order valence-electron chi connectivity index (χ1n) is 8.80.